The highest BCUT2D eigenvalue weighted by Crippen LogP contribution is 2.24. The predicted octanol–water partition coefficient (Wildman–Crippen LogP) is 2.82. The maximum Gasteiger partial charge on any atom is 0.328 e. The normalized spacial score (nSPS) is 11.5. The van der Waals surface area contributed by atoms with Crippen LogP contribution in [-0.2, 0) is 11.3 Å². The van der Waals surface area contributed by atoms with Crippen LogP contribution in [0.4, 0.5) is 0 Å². The number of aromatic amines is 1. The van der Waals surface area contributed by atoms with Crippen molar-refractivity contribution in [2.24, 2.45) is 0 Å². The Labute approximate surface area is 121 Å². The van der Waals surface area contributed by atoms with Crippen molar-refractivity contribution in [2.75, 3.05) is 0 Å². The van der Waals surface area contributed by atoms with Crippen molar-refractivity contribution in [1.82, 2.24) is 14.5 Å². The van der Waals surface area contributed by atoms with Crippen LogP contribution in [-0.4, -0.2) is 25.6 Å². The molecule has 0 bridgehead atoms. The molecule has 0 fully saturated rings. The van der Waals surface area contributed by atoms with E-state index < -0.39 is 5.97 Å². The third kappa shape index (κ3) is 2.72. The average molecular weight is 281 g/mol. The van der Waals surface area contributed by atoms with Crippen LogP contribution in [0.15, 0.2) is 43.0 Å². The SMILES string of the molecule is Cc1[nH]c2ccc(C=CC(=O)O)cc2c1Cn1ccnc1. The van der Waals surface area contributed by atoms with Gasteiger partial charge in [0, 0.05) is 40.6 Å². The van der Waals surface area contributed by atoms with Gasteiger partial charge >= 0.3 is 5.97 Å². The molecule has 2 N–H and O–H groups in total. The summed E-state index contributed by atoms with van der Waals surface area (Å²) in [6.45, 7) is 2.77. The van der Waals surface area contributed by atoms with E-state index in [0.717, 1.165) is 34.8 Å². The molecule has 0 aliphatic carbocycles. The van der Waals surface area contributed by atoms with E-state index in [-0.39, 0.29) is 0 Å². The molecule has 0 saturated heterocycles. The van der Waals surface area contributed by atoms with E-state index in [1.165, 1.54) is 5.56 Å². The van der Waals surface area contributed by atoms with Crippen molar-refractivity contribution in [3.05, 3.63) is 59.8 Å². The van der Waals surface area contributed by atoms with Crippen molar-refractivity contribution in [3.63, 3.8) is 0 Å². The fourth-order valence-electron chi connectivity index (χ4n) is 2.44. The number of rotatable bonds is 4. The third-order valence-corrected chi connectivity index (χ3v) is 3.46. The Kier molecular flexibility index (Phi) is 3.31. The van der Waals surface area contributed by atoms with E-state index in [1.807, 2.05) is 35.9 Å². The van der Waals surface area contributed by atoms with Crippen LogP contribution in [0, 0.1) is 6.92 Å². The Morgan fingerprint density at radius 1 is 1.48 bits per heavy atom. The summed E-state index contributed by atoms with van der Waals surface area (Å²) in [5.41, 5.74) is 4.22. The summed E-state index contributed by atoms with van der Waals surface area (Å²) in [6.07, 6.45) is 8.21. The first-order valence-corrected chi connectivity index (χ1v) is 6.61. The number of nitrogens with one attached hydrogen (secondary N) is 1. The van der Waals surface area contributed by atoms with Gasteiger partial charge in [0.05, 0.1) is 12.9 Å². The number of benzene rings is 1. The molecule has 3 rings (SSSR count). The summed E-state index contributed by atoms with van der Waals surface area (Å²) in [5.74, 6) is -0.945. The summed E-state index contributed by atoms with van der Waals surface area (Å²) in [4.78, 5) is 18.0. The van der Waals surface area contributed by atoms with Gasteiger partial charge in [-0.15, -0.1) is 0 Å². The monoisotopic (exact) mass is 281 g/mol. The molecule has 5 heteroatoms. The maximum atomic E-state index is 10.6. The molecule has 0 amide bonds. The van der Waals surface area contributed by atoms with Gasteiger partial charge in [-0.3, -0.25) is 0 Å². The first-order valence-electron chi connectivity index (χ1n) is 6.61. The van der Waals surface area contributed by atoms with Crippen LogP contribution >= 0.6 is 0 Å². The number of carboxylic acids is 1. The van der Waals surface area contributed by atoms with Gasteiger partial charge < -0.3 is 14.7 Å². The van der Waals surface area contributed by atoms with Crippen molar-refractivity contribution < 1.29 is 9.90 Å². The maximum absolute atomic E-state index is 10.6. The molecule has 3 aromatic rings. The number of nitrogens with zero attached hydrogens (tertiary/aromatic N) is 2. The minimum Gasteiger partial charge on any atom is -0.478 e. The molecule has 0 spiro atoms. The number of carboxylic acid groups (broad SMARTS) is 1. The summed E-state index contributed by atoms with van der Waals surface area (Å²) < 4.78 is 2.01. The number of H-pyrrole nitrogens is 1. The molecule has 0 radical (unpaired) electrons. The summed E-state index contributed by atoms with van der Waals surface area (Å²) in [6, 6.07) is 5.88. The summed E-state index contributed by atoms with van der Waals surface area (Å²) in [5, 5.41) is 9.82. The minimum atomic E-state index is -0.945. The Morgan fingerprint density at radius 2 is 2.33 bits per heavy atom. The molecule has 2 aromatic heterocycles. The van der Waals surface area contributed by atoms with Crippen molar-refractivity contribution in [2.45, 2.75) is 13.5 Å². The fourth-order valence-corrected chi connectivity index (χ4v) is 2.44. The van der Waals surface area contributed by atoms with E-state index in [1.54, 1.807) is 18.6 Å². The molecule has 0 saturated carbocycles. The fraction of sp³-hybridized carbons (Fsp3) is 0.125. The first kappa shape index (κ1) is 13.2. The average Bonchev–Trinajstić information content (AvgIpc) is 3.06. The molecular weight excluding hydrogens is 266 g/mol. The van der Waals surface area contributed by atoms with Crippen LogP contribution in [0.5, 0.6) is 0 Å². The predicted molar refractivity (Wildman–Crippen MR) is 81.0 cm³/mol. The summed E-state index contributed by atoms with van der Waals surface area (Å²) in [7, 11) is 0. The van der Waals surface area contributed by atoms with E-state index in [2.05, 4.69) is 9.97 Å². The number of aryl methyl sites for hydroxylation is 1. The standard InChI is InChI=1S/C16H15N3O2/c1-11-14(9-19-7-6-17-10-19)13-8-12(3-5-16(20)21)2-4-15(13)18-11/h2-8,10,18H,9H2,1H3,(H,20,21). The molecule has 0 aliphatic rings. The van der Waals surface area contributed by atoms with Crippen molar-refractivity contribution in [1.29, 1.82) is 0 Å². The van der Waals surface area contributed by atoms with Crippen LogP contribution in [0.3, 0.4) is 0 Å². The van der Waals surface area contributed by atoms with Gasteiger partial charge in [-0.25, -0.2) is 9.78 Å². The summed E-state index contributed by atoms with van der Waals surface area (Å²) >= 11 is 0. The Balaban J connectivity index is 2.04. The van der Waals surface area contributed by atoms with E-state index in [9.17, 15) is 4.79 Å². The number of imidazole rings is 1. The molecule has 5 nitrogen and oxygen atoms in total. The van der Waals surface area contributed by atoms with Crippen LogP contribution in [0.25, 0.3) is 17.0 Å². The molecule has 1 aromatic carbocycles. The van der Waals surface area contributed by atoms with Gasteiger partial charge in [-0.05, 0) is 30.7 Å². The Morgan fingerprint density at radius 3 is 3.05 bits per heavy atom. The van der Waals surface area contributed by atoms with Gasteiger partial charge in [-0.2, -0.15) is 0 Å². The first-order chi connectivity index (χ1) is 10.1. The Bertz CT molecular complexity index is 814. The smallest absolute Gasteiger partial charge is 0.328 e. The lowest BCUT2D eigenvalue weighted by atomic mass is 10.1. The lowest BCUT2D eigenvalue weighted by Crippen LogP contribution is -1.97. The lowest BCUT2D eigenvalue weighted by Gasteiger charge is -2.03. The second-order valence-electron chi connectivity index (χ2n) is 4.94. The molecule has 0 aliphatic heterocycles. The molecule has 0 unspecified atom stereocenters. The van der Waals surface area contributed by atoms with Crippen molar-refractivity contribution >= 4 is 22.9 Å². The molecule has 21 heavy (non-hydrogen) atoms. The zero-order chi connectivity index (χ0) is 14.8. The number of fused-ring (bicyclic) bond motifs is 1. The number of aromatic nitrogens is 3. The van der Waals surface area contributed by atoms with Gasteiger partial charge in [0.2, 0.25) is 0 Å². The second-order valence-corrected chi connectivity index (χ2v) is 4.94. The zero-order valence-corrected chi connectivity index (χ0v) is 11.6. The number of aliphatic carboxylic acids is 1. The molecule has 0 atom stereocenters. The highest BCUT2D eigenvalue weighted by Gasteiger charge is 2.09. The van der Waals surface area contributed by atoms with Crippen molar-refractivity contribution in [3.8, 4) is 0 Å². The zero-order valence-electron chi connectivity index (χ0n) is 11.6. The van der Waals surface area contributed by atoms with Crippen LogP contribution < -0.4 is 0 Å². The highest BCUT2D eigenvalue weighted by molar-refractivity contribution is 5.89. The lowest BCUT2D eigenvalue weighted by molar-refractivity contribution is -0.131. The Hall–Kier alpha value is -2.82. The van der Waals surface area contributed by atoms with Gasteiger partial charge in [-0.1, -0.05) is 6.07 Å². The highest BCUT2D eigenvalue weighted by atomic mass is 16.4. The largest absolute Gasteiger partial charge is 0.478 e. The number of carbonyl (C=O) groups is 1. The van der Waals surface area contributed by atoms with Gasteiger partial charge in [0.1, 0.15) is 0 Å². The number of hydrogen-bond donors (Lipinski definition) is 2. The van der Waals surface area contributed by atoms with Crippen LogP contribution in [0.1, 0.15) is 16.8 Å². The molecule has 2 heterocycles. The van der Waals surface area contributed by atoms with Crippen LogP contribution in [0.2, 0.25) is 0 Å². The molecule has 106 valence electrons. The third-order valence-electron chi connectivity index (χ3n) is 3.46. The van der Waals surface area contributed by atoms with E-state index in [4.69, 9.17) is 5.11 Å². The molecular formula is C16H15N3O2. The topological polar surface area (TPSA) is 70.9 Å². The second kappa shape index (κ2) is 5.28. The van der Waals surface area contributed by atoms with Gasteiger partial charge in [0.25, 0.3) is 0 Å². The van der Waals surface area contributed by atoms with Gasteiger partial charge in [0.15, 0.2) is 0 Å². The van der Waals surface area contributed by atoms with E-state index >= 15 is 0 Å². The number of hydrogen-bond acceptors (Lipinski definition) is 2. The van der Waals surface area contributed by atoms with E-state index in [0.29, 0.717) is 0 Å². The quantitative estimate of drug-likeness (QED) is 0.722. The minimum absolute atomic E-state index is 0.734.